The topological polar surface area (TPSA) is 39.1 Å². The number of nitrogens with one attached hydrogen (secondary N) is 1. The molecule has 19 heavy (non-hydrogen) atoms. The van der Waals surface area contributed by atoms with E-state index in [0.29, 0.717) is 6.61 Å². The first kappa shape index (κ1) is 14.1. The normalized spacial score (nSPS) is 10.9. The molecule has 0 radical (unpaired) electrons. The Morgan fingerprint density at radius 1 is 1.42 bits per heavy atom. The maximum Gasteiger partial charge on any atom is 0.110 e. The van der Waals surface area contributed by atoms with Crippen LogP contribution in [0, 0.1) is 6.92 Å². The molecule has 1 aromatic heterocycles. The van der Waals surface area contributed by atoms with Crippen molar-refractivity contribution in [3.05, 3.63) is 47.0 Å². The predicted molar refractivity (Wildman–Crippen MR) is 76.9 cm³/mol. The zero-order chi connectivity index (χ0) is 13.7. The van der Waals surface area contributed by atoms with Crippen molar-refractivity contribution in [2.24, 2.45) is 0 Å². The first-order chi connectivity index (χ1) is 9.22. The first-order valence-electron chi connectivity index (χ1n) is 6.21. The first-order valence-corrected chi connectivity index (χ1v) is 6.58. The maximum absolute atomic E-state index is 6.08. The van der Waals surface area contributed by atoms with E-state index in [9.17, 15) is 0 Å². The van der Waals surface area contributed by atoms with Crippen LogP contribution in [0.5, 0.6) is 0 Å². The molecule has 0 aliphatic heterocycles. The molecule has 0 fully saturated rings. The van der Waals surface area contributed by atoms with Crippen LogP contribution < -0.4 is 5.32 Å². The van der Waals surface area contributed by atoms with E-state index in [1.165, 1.54) is 0 Å². The maximum atomic E-state index is 6.08. The van der Waals surface area contributed by atoms with E-state index < -0.39 is 0 Å². The van der Waals surface area contributed by atoms with E-state index in [4.69, 9.17) is 16.3 Å². The lowest BCUT2D eigenvalue weighted by atomic mass is 10.1. The van der Waals surface area contributed by atoms with Gasteiger partial charge in [0.05, 0.1) is 12.3 Å². The third-order valence-corrected chi connectivity index (χ3v) is 3.16. The molecule has 0 unspecified atom stereocenters. The molecule has 1 N–H and O–H groups in total. The third-order valence-electron chi connectivity index (χ3n) is 2.93. The van der Waals surface area contributed by atoms with Gasteiger partial charge >= 0.3 is 0 Å². The molecule has 1 aromatic carbocycles. The number of hydrogen-bond acceptors (Lipinski definition) is 3. The summed E-state index contributed by atoms with van der Waals surface area (Å²) in [4.78, 5) is 4.26. The molecule has 2 rings (SSSR count). The minimum Gasteiger partial charge on any atom is -0.383 e. The fraction of sp³-hybridized carbons (Fsp3) is 0.357. The van der Waals surface area contributed by atoms with Crippen LogP contribution in [0.15, 0.2) is 30.6 Å². The second kappa shape index (κ2) is 6.70. The standard InChI is InChI=1S/C14H18ClN3O/c1-11-17-5-7-18(11)14-4-3-13(15)9-12(14)10-16-6-8-19-2/h3-5,7,9,16H,6,8,10H2,1-2H3. The molecular weight excluding hydrogens is 262 g/mol. The highest BCUT2D eigenvalue weighted by atomic mass is 35.5. The Kier molecular flexibility index (Phi) is 4.96. The smallest absolute Gasteiger partial charge is 0.110 e. The van der Waals surface area contributed by atoms with Gasteiger partial charge in [0.15, 0.2) is 0 Å². The summed E-state index contributed by atoms with van der Waals surface area (Å²) in [5, 5.41) is 4.08. The summed E-state index contributed by atoms with van der Waals surface area (Å²) in [7, 11) is 1.70. The molecule has 0 saturated heterocycles. The molecule has 102 valence electrons. The zero-order valence-corrected chi connectivity index (χ0v) is 11.9. The zero-order valence-electron chi connectivity index (χ0n) is 11.2. The lowest BCUT2D eigenvalue weighted by Gasteiger charge is -2.13. The molecule has 0 amide bonds. The number of rotatable bonds is 6. The molecule has 1 heterocycles. The van der Waals surface area contributed by atoms with Crippen molar-refractivity contribution in [2.75, 3.05) is 20.3 Å². The van der Waals surface area contributed by atoms with Crippen molar-refractivity contribution in [3.8, 4) is 5.69 Å². The largest absolute Gasteiger partial charge is 0.383 e. The van der Waals surface area contributed by atoms with E-state index in [1.54, 1.807) is 13.3 Å². The SMILES string of the molecule is COCCNCc1cc(Cl)ccc1-n1ccnc1C. The molecule has 4 nitrogen and oxygen atoms in total. The van der Waals surface area contributed by atoms with Gasteiger partial charge in [0, 0.05) is 37.6 Å². The van der Waals surface area contributed by atoms with Crippen LogP contribution in [-0.4, -0.2) is 29.8 Å². The number of nitrogens with zero attached hydrogens (tertiary/aromatic N) is 2. The van der Waals surface area contributed by atoms with Crippen LogP contribution in [0.2, 0.25) is 5.02 Å². The molecular formula is C14H18ClN3O. The van der Waals surface area contributed by atoms with E-state index in [2.05, 4.69) is 14.9 Å². The third kappa shape index (κ3) is 3.56. The van der Waals surface area contributed by atoms with E-state index >= 15 is 0 Å². The van der Waals surface area contributed by atoms with E-state index in [0.717, 1.165) is 35.2 Å². The van der Waals surface area contributed by atoms with Gasteiger partial charge in [-0.2, -0.15) is 0 Å². The average Bonchev–Trinajstić information content (AvgIpc) is 2.81. The van der Waals surface area contributed by atoms with Crippen molar-refractivity contribution in [1.29, 1.82) is 0 Å². The fourth-order valence-electron chi connectivity index (χ4n) is 1.96. The Balaban J connectivity index is 2.21. The van der Waals surface area contributed by atoms with E-state index in [1.807, 2.05) is 31.3 Å². The lowest BCUT2D eigenvalue weighted by Crippen LogP contribution is -2.19. The summed E-state index contributed by atoms with van der Waals surface area (Å²) in [5.74, 6) is 0.959. The van der Waals surface area contributed by atoms with Crippen LogP contribution in [0.1, 0.15) is 11.4 Å². The van der Waals surface area contributed by atoms with Gasteiger partial charge < -0.3 is 14.6 Å². The van der Waals surface area contributed by atoms with Gasteiger partial charge in [0.25, 0.3) is 0 Å². The summed E-state index contributed by atoms with van der Waals surface area (Å²) in [6, 6.07) is 5.90. The van der Waals surface area contributed by atoms with Gasteiger partial charge in [-0.15, -0.1) is 0 Å². The quantitative estimate of drug-likeness (QED) is 0.826. The molecule has 0 atom stereocenters. The monoisotopic (exact) mass is 279 g/mol. The fourth-order valence-corrected chi connectivity index (χ4v) is 2.16. The van der Waals surface area contributed by atoms with Crippen molar-refractivity contribution in [3.63, 3.8) is 0 Å². The second-order valence-electron chi connectivity index (χ2n) is 4.29. The van der Waals surface area contributed by atoms with Crippen molar-refractivity contribution in [1.82, 2.24) is 14.9 Å². The molecule has 0 aliphatic carbocycles. The summed E-state index contributed by atoms with van der Waals surface area (Å²) in [6.07, 6.45) is 3.75. The Morgan fingerprint density at radius 3 is 2.95 bits per heavy atom. The number of ether oxygens (including phenoxy) is 1. The van der Waals surface area contributed by atoms with Gasteiger partial charge in [-0.3, -0.25) is 0 Å². The summed E-state index contributed by atoms with van der Waals surface area (Å²) < 4.78 is 7.08. The Bertz CT molecular complexity index is 539. The minimum absolute atomic E-state index is 0.694. The van der Waals surface area contributed by atoms with E-state index in [-0.39, 0.29) is 0 Å². The number of imidazole rings is 1. The summed E-state index contributed by atoms with van der Waals surface area (Å²) in [5.41, 5.74) is 2.24. The Hall–Kier alpha value is -1.36. The minimum atomic E-state index is 0.694. The van der Waals surface area contributed by atoms with Crippen LogP contribution in [-0.2, 0) is 11.3 Å². The van der Waals surface area contributed by atoms with Gasteiger partial charge in [-0.05, 0) is 30.7 Å². The highest BCUT2D eigenvalue weighted by molar-refractivity contribution is 6.30. The molecule has 5 heteroatoms. The van der Waals surface area contributed by atoms with Crippen LogP contribution in [0.3, 0.4) is 0 Å². The number of aryl methyl sites for hydroxylation is 1. The number of aromatic nitrogens is 2. The number of methoxy groups -OCH3 is 1. The van der Waals surface area contributed by atoms with Crippen LogP contribution in [0.25, 0.3) is 5.69 Å². The number of benzene rings is 1. The predicted octanol–water partition coefficient (Wildman–Crippen LogP) is 2.57. The van der Waals surface area contributed by atoms with Crippen molar-refractivity contribution in [2.45, 2.75) is 13.5 Å². The van der Waals surface area contributed by atoms with Gasteiger partial charge in [0.1, 0.15) is 5.82 Å². The van der Waals surface area contributed by atoms with Gasteiger partial charge in [0.2, 0.25) is 0 Å². The lowest BCUT2D eigenvalue weighted by molar-refractivity contribution is 0.199. The average molecular weight is 280 g/mol. The summed E-state index contributed by atoms with van der Waals surface area (Å²) in [6.45, 7) is 4.24. The Morgan fingerprint density at radius 2 is 2.26 bits per heavy atom. The molecule has 0 saturated carbocycles. The second-order valence-corrected chi connectivity index (χ2v) is 4.72. The highest BCUT2D eigenvalue weighted by Crippen LogP contribution is 2.20. The molecule has 2 aromatic rings. The van der Waals surface area contributed by atoms with Crippen LogP contribution >= 0.6 is 11.6 Å². The van der Waals surface area contributed by atoms with Crippen molar-refractivity contribution < 1.29 is 4.74 Å². The summed E-state index contributed by atoms with van der Waals surface area (Å²) >= 11 is 6.08. The number of halogens is 1. The van der Waals surface area contributed by atoms with Gasteiger partial charge in [-0.25, -0.2) is 4.98 Å². The Labute approximate surface area is 118 Å². The van der Waals surface area contributed by atoms with Gasteiger partial charge in [-0.1, -0.05) is 11.6 Å². The van der Waals surface area contributed by atoms with Crippen LogP contribution in [0.4, 0.5) is 0 Å². The van der Waals surface area contributed by atoms with Crippen molar-refractivity contribution >= 4 is 11.6 Å². The number of hydrogen-bond donors (Lipinski definition) is 1. The molecule has 0 aliphatic rings. The molecule has 0 bridgehead atoms. The molecule has 0 spiro atoms. The highest BCUT2D eigenvalue weighted by Gasteiger charge is 2.07.